The third-order valence-corrected chi connectivity index (χ3v) is 4.12. The monoisotopic (exact) mass is 367 g/mol. The number of amides is 1. The molecule has 0 bridgehead atoms. The Hall–Kier alpha value is -2.95. The summed E-state index contributed by atoms with van der Waals surface area (Å²) in [6.45, 7) is 7.99. The molecule has 0 saturated heterocycles. The minimum absolute atomic E-state index is 0.0292. The molecule has 1 amide bonds. The Morgan fingerprint density at radius 3 is 1.96 bits per heavy atom. The average Bonchev–Trinajstić information content (AvgIpc) is 2.61. The van der Waals surface area contributed by atoms with Crippen molar-refractivity contribution in [2.75, 3.05) is 6.54 Å². The van der Waals surface area contributed by atoms with Gasteiger partial charge in [0, 0.05) is 17.7 Å². The van der Waals surface area contributed by atoms with E-state index in [4.69, 9.17) is 4.74 Å². The zero-order chi connectivity index (χ0) is 20.0. The van der Waals surface area contributed by atoms with Crippen molar-refractivity contribution in [1.82, 2.24) is 5.32 Å². The van der Waals surface area contributed by atoms with Crippen LogP contribution in [-0.4, -0.2) is 24.2 Å². The summed E-state index contributed by atoms with van der Waals surface area (Å²) in [4.78, 5) is 35.2. The van der Waals surface area contributed by atoms with E-state index in [9.17, 15) is 14.4 Å². The number of ketones is 1. The molecular formula is C22H25NO4. The molecule has 27 heavy (non-hydrogen) atoms. The molecule has 0 aliphatic rings. The highest BCUT2D eigenvalue weighted by atomic mass is 16.5. The van der Waals surface area contributed by atoms with E-state index in [2.05, 4.69) is 26.1 Å². The molecule has 0 aliphatic carbocycles. The zero-order valence-electron chi connectivity index (χ0n) is 16.2. The van der Waals surface area contributed by atoms with Crippen molar-refractivity contribution in [3.8, 4) is 5.75 Å². The van der Waals surface area contributed by atoms with E-state index in [1.165, 1.54) is 6.92 Å². The van der Waals surface area contributed by atoms with Crippen LogP contribution in [0.5, 0.6) is 5.75 Å². The van der Waals surface area contributed by atoms with Gasteiger partial charge in [-0.05, 0) is 54.3 Å². The quantitative estimate of drug-likeness (QED) is 0.477. The van der Waals surface area contributed by atoms with Gasteiger partial charge in [0.15, 0.2) is 5.78 Å². The van der Waals surface area contributed by atoms with Gasteiger partial charge in [-0.25, -0.2) is 0 Å². The van der Waals surface area contributed by atoms with Crippen LogP contribution in [0.4, 0.5) is 0 Å². The van der Waals surface area contributed by atoms with Crippen LogP contribution < -0.4 is 10.1 Å². The third kappa shape index (κ3) is 6.06. The van der Waals surface area contributed by atoms with Gasteiger partial charge in [0.2, 0.25) is 0 Å². The fraction of sp³-hybridized carbons (Fsp3) is 0.318. The first-order valence-electron chi connectivity index (χ1n) is 8.87. The van der Waals surface area contributed by atoms with E-state index >= 15 is 0 Å². The van der Waals surface area contributed by atoms with Crippen LogP contribution in [-0.2, 0) is 10.2 Å². The third-order valence-electron chi connectivity index (χ3n) is 4.12. The molecule has 2 aromatic rings. The number of hydrogen-bond acceptors (Lipinski definition) is 4. The van der Waals surface area contributed by atoms with Crippen LogP contribution >= 0.6 is 0 Å². The minimum Gasteiger partial charge on any atom is -0.426 e. The summed E-state index contributed by atoms with van der Waals surface area (Å²) in [7, 11) is 0. The van der Waals surface area contributed by atoms with Gasteiger partial charge in [-0.1, -0.05) is 32.9 Å². The van der Waals surface area contributed by atoms with Crippen molar-refractivity contribution in [3.63, 3.8) is 0 Å². The van der Waals surface area contributed by atoms with Crippen LogP contribution in [0, 0.1) is 0 Å². The summed E-state index contributed by atoms with van der Waals surface area (Å²) in [5.74, 6) is -0.358. The van der Waals surface area contributed by atoms with Crippen molar-refractivity contribution < 1.29 is 19.1 Å². The van der Waals surface area contributed by atoms with Crippen LogP contribution in [0.2, 0.25) is 0 Å². The Morgan fingerprint density at radius 1 is 0.889 bits per heavy atom. The van der Waals surface area contributed by atoms with Gasteiger partial charge in [0.05, 0.1) is 6.42 Å². The highest BCUT2D eigenvalue weighted by Crippen LogP contribution is 2.22. The number of carbonyl (C=O) groups excluding carboxylic acids is 3. The summed E-state index contributed by atoms with van der Waals surface area (Å²) in [5.41, 5.74) is 2.29. The maximum atomic E-state index is 12.2. The van der Waals surface area contributed by atoms with E-state index in [1.807, 2.05) is 12.1 Å². The molecule has 0 aromatic heterocycles. The standard InChI is InChI=1S/C22H25NO4/c1-15(24)16-7-11-19(12-8-16)27-20(25)13-14-23-21(26)17-5-9-18(10-6-17)22(2,3)4/h5-12H,13-14H2,1-4H3,(H,23,26). The van der Waals surface area contributed by atoms with Gasteiger partial charge in [-0.15, -0.1) is 0 Å². The lowest BCUT2D eigenvalue weighted by Gasteiger charge is -2.19. The zero-order valence-corrected chi connectivity index (χ0v) is 16.2. The fourth-order valence-electron chi connectivity index (χ4n) is 2.44. The van der Waals surface area contributed by atoms with Crippen molar-refractivity contribution in [2.24, 2.45) is 0 Å². The summed E-state index contributed by atoms with van der Waals surface area (Å²) in [6, 6.07) is 13.8. The van der Waals surface area contributed by atoms with Crippen molar-refractivity contribution in [3.05, 3.63) is 65.2 Å². The van der Waals surface area contributed by atoms with Crippen LogP contribution in [0.25, 0.3) is 0 Å². The first kappa shape index (κ1) is 20.4. The molecule has 0 atom stereocenters. The minimum atomic E-state index is -0.450. The number of hydrogen-bond donors (Lipinski definition) is 1. The molecule has 5 heteroatoms. The molecule has 5 nitrogen and oxygen atoms in total. The number of Topliss-reactive ketones (excluding diaryl/α,β-unsaturated/α-hetero) is 1. The lowest BCUT2D eigenvalue weighted by Crippen LogP contribution is -2.27. The van der Waals surface area contributed by atoms with E-state index < -0.39 is 5.97 Å². The SMILES string of the molecule is CC(=O)c1ccc(OC(=O)CCNC(=O)c2ccc(C(C)(C)C)cc2)cc1. The number of ether oxygens (including phenoxy) is 1. The van der Waals surface area contributed by atoms with Crippen molar-refractivity contribution in [2.45, 2.75) is 39.5 Å². The number of carbonyl (C=O) groups is 3. The predicted molar refractivity (Wildman–Crippen MR) is 104 cm³/mol. The second kappa shape index (κ2) is 8.62. The van der Waals surface area contributed by atoms with Gasteiger partial charge in [0.25, 0.3) is 5.91 Å². The number of esters is 1. The van der Waals surface area contributed by atoms with Crippen LogP contribution in [0.15, 0.2) is 48.5 Å². The molecule has 1 N–H and O–H groups in total. The van der Waals surface area contributed by atoms with Gasteiger partial charge in [-0.2, -0.15) is 0 Å². The predicted octanol–water partition coefficient (Wildman–Crippen LogP) is 3.91. The molecule has 0 aliphatic heterocycles. The van der Waals surface area contributed by atoms with E-state index in [-0.39, 0.29) is 30.1 Å². The van der Waals surface area contributed by atoms with Crippen molar-refractivity contribution in [1.29, 1.82) is 0 Å². The largest absolute Gasteiger partial charge is 0.426 e. The lowest BCUT2D eigenvalue weighted by atomic mass is 9.87. The maximum absolute atomic E-state index is 12.2. The van der Waals surface area contributed by atoms with Crippen molar-refractivity contribution >= 4 is 17.7 Å². The lowest BCUT2D eigenvalue weighted by molar-refractivity contribution is -0.134. The van der Waals surface area contributed by atoms with Gasteiger partial charge in [-0.3, -0.25) is 14.4 Å². The molecule has 2 rings (SSSR count). The second-order valence-electron chi connectivity index (χ2n) is 7.39. The van der Waals surface area contributed by atoms with Crippen LogP contribution in [0.1, 0.15) is 60.4 Å². The second-order valence-corrected chi connectivity index (χ2v) is 7.39. The van der Waals surface area contributed by atoms with Gasteiger partial charge >= 0.3 is 5.97 Å². The smallest absolute Gasteiger partial charge is 0.312 e. The molecule has 142 valence electrons. The first-order valence-corrected chi connectivity index (χ1v) is 8.87. The van der Waals surface area contributed by atoms with E-state index in [1.54, 1.807) is 36.4 Å². The fourth-order valence-corrected chi connectivity index (χ4v) is 2.44. The molecule has 0 fully saturated rings. The topological polar surface area (TPSA) is 72.5 Å². The normalized spacial score (nSPS) is 11.0. The molecule has 0 radical (unpaired) electrons. The summed E-state index contributed by atoms with van der Waals surface area (Å²) in [6.07, 6.45) is 0.0558. The highest BCUT2D eigenvalue weighted by molar-refractivity contribution is 5.94. The Labute approximate surface area is 159 Å². The van der Waals surface area contributed by atoms with Gasteiger partial charge < -0.3 is 10.1 Å². The molecule has 0 saturated carbocycles. The Kier molecular flexibility index (Phi) is 6.50. The summed E-state index contributed by atoms with van der Waals surface area (Å²) < 4.78 is 5.19. The Bertz CT molecular complexity index is 815. The van der Waals surface area contributed by atoms with Crippen LogP contribution in [0.3, 0.4) is 0 Å². The number of benzene rings is 2. The molecule has 2 aromatic carbocycles. The Balaban J connectivity index is 1.80. The van der Waals surface area contributed by atoms with Gasteiger partial charge in [0.1, 0.15) is 5.75 Å². The van der Waals surface area contributed by atoms with E-state index in [0.29, 0.717) is 16.9 Å². The number of rotatable bonds is 6. The summed E-state index contributed by atoms with van der Waals surface area (Å²) >= 11 is 0. The molecule has 0 spiro atoms. The average molecular weight is 367 g/mol. The number of nitrogens with one attached hydrogen (secondary N) is 1. The van der Waals surface area contributed by atoms with E-state index in [0.717, 1.165) is 5.56 Å². The Morgan fingerprint density at radius 2 is 1.44 bits per heavy atom. The molecule has 0 heterocycles. The molecule has 0 unspecified atom stereocenters. The summed E-state index contributed by atoms with van der Waals surface area (Å²) in [5, 5.41) is 2.71. The highest BCUT2D eigenvalue weighted by Gasteiger charge is 2.14. The first-order chi connectivity index (χ1) is 12.7. The molecular weight excluding hydrogens is 342 g/mol. The maximum Gasteiger partial charge on any atom is 0.312 e.